The van der Waals surface area contributed by atoms with Gasteiger partial charge < -0.3 is 14.6 Å². The van der Waals surface area contributed by atoms with Crippen LogP contribution < -0.4 is 0 Å². The molecule has 5 heteroatoms. The standard InChI is InChI=1S/C17H32O5/c1-3-5-7-8-10-11-16(19)21-14-15(13-18)22-17(20)12-9-6-4-2/h15,18H,3-14H2,1-2H3/t15-/m0/s1. The van der Waals surface area contributed by atoms with Crippen molar-refractivity contribution in [3.8, 4) is 0 Å². The van der Waals surface area contributed by atoms with Gasteiger partial charge in [0.05, 0.1) is 6.61 Å². The van der Waals surface area contributed by atoms with Crippen LogP contribution in [0.3, 0.4) is 0 Å². The fourth-order valence-corrected chi connectivity index (χ4v) is 2.02. The van der Waals surface area contributed by atoms with Crippen molar-refractivity contribution in [2.24, 2.45) is 0 Å². The fourth-order valence-electron chi connectivity index (χ4n) is 2.02. The SMILES string of the molecule is CCCCCCCC(=O)OC[C@H](CO)OC(=O)CCCCC. The molecule has 5 nitrogen and oxygen atoms in total. The lowest BCUT2D eigenvalue weighted by Crippen LogP contribution is -2.28. The zero-order valence-electron chi connectivity index (χ0n) is 14.1. The Morgan fingerprint density at radius 3 is 2.05 bits per heavy atom. The summed E-state index contributed by atoms with van der Waals surface area (Å²) in [5.41, 5.74) is 0. The zero-order valence-corrected chi connectivity index (χ0v) is 14.1. The Morgan fingerprint density at radius 1 is 0.864 bits per heavy atom. The summed E-state index contributed by atoms with van der Waals surface area (Å²) in [7, 11) is 0. The molecule has 0 saturated heterocycles. The fraction of sp³-hybridized carbons (Fsp3) is 0.882. The van der Waals surface area contributed by atoms with Crippen LogP contribution in [0.4, 0.5) is 0 Å². The molecular weight excluding hydrogens is 284 g/mol. The Morgan fingerprint density at radius 2 is 1.41 bits per heavy atom. The molecule has 0 heterocycles. The van der Waals surface area contributed by atoms with Crippen molar-refractivity contribution < 1.29 is 24.2 Å². The van der Waals surface area contributed by atoms with Gasteiger partial charge in [-0.2, -0.15) is 0 Å². The largest absolute Gasteiger partial charge is 0.462 e. The maximum absolute atomic E-state index is 11.5. The van der Waals surface area contributed by atoms with E-state index in [9.17, 15) is 9.59 Å². The molecule has 0 unspecified atom stereocenters. The van der Waals surface area contributed by atoms with E-state index in [-0.39, 0.29) is 25.2 Å². The Bertz CT molecular complexity index is 291. The number of rotatable bonds is 14. The molecule has 1 atom stereocenters. The van der Waals surface area contributed by atoms with Gasteiger partial charge in [0.1, 0.15) is 6.61 Å². The molecule has 0 amide bonds. The number of carbonyl (C=O) groups excluding carboxylic acids is 2. The van der Waals surface area contributed by atoms with Crippen molar-refractivity contribution in [3.63, 3.8) is 0 Å². The Kier molecular flexibility index (Phi) is 14.1. The van der Waals surface area contributed by atoms with Crippen LogP contribution in [0.5, 0.6) is 0 Å². The number of aliphatic hydroxyl groups excluding tert-OH is 1. The minimum absolute atomic E-state index is 0.0657. The number of esters is 2. The second kappa shape index (κ2) is 14.8. The molecule has 0 rings (SSSR count). The van der Waals surface area contributed by atoms with E-state index in [2.05, 4.69) is 13.8 Å². The minimum atomic E-state index is -0.752. The smallest absolute Gasteiger partial charge is 0.306 e. The summed E-state index contributed by atoms with van der Waals surface area (Å²) in [5.74, 6) is -0.639. The van der Waals surface area contributed by atoms with Gasteiger partial charge in [-0.3, -0.25) is 9.59 Å². The highest BCUT2D eigenvalue weighted by Gasteiger charge is 2.15. The molecule has 0 aromatic carbocycles. The molecule has 130 valence electrons. The first-order valence-electron chi connectivity index (χ1n) is 8.59. The van der Waals surface area contributed by atoms with E-state index in [0.717, 1.165) is 38.5 Å². The molecule has 0 aromatic rings. The van der Waals surface area contributed by atoms with Crippen molar-refractivity contribution in [2.45, 2.75) is 84.2 Å². The Labute approximate surface area is 134 Å². The predicted octanol–water partition coefficient (Wildman–Crippen LogP) is 3.37. The van der Waals surface area contributed by atoms with Gasteiger partial charge in [0, 0.05) is 12.8 Å². The van der Waals surface area contributed by atoms with E-state index in [1.165, 1.54) is 12.8 Å². The van der Waals surface area contributed by atoms with Crippen LogP contribution in [0.25, 0.3) is 0 Å². The molecule has 0 fully saturated rings. The van der Waals surface area contributed by atoms with E-state index in [0.29, 0.717) is 12.8 Å². The Hall–Kier alpha value is -1.10. The molecule has 0 spiro atoms. The van der Waals surface area contributed by atoms with Gasteiger partial charge in [0.15, 0.2) is 6.10 Å². The van der Waals surface area contributed by atoms with Crippen LogP contribution >= 0.6 is 0 Å². The lowest BCUT2D eigenvalue weighted by Gasteiger charge is -2.15. The summed E-state index contributed by atoms with van der Waals surface area (Å²) < 4.78 is 10.1. The van der Waals surface area contributed by atoms with Crippen LogP contribution in [0.2, 0.25) is 0 Å². The highest BCUT2D eigenvalue weighted by Crippen LogP contribution is 2.07. The summed E-state index contributed by atoms with van der Waals surface area (Å²) in [4.78, 5) is 23.1. The molecule has 0 saturated carbocycles. The number of aliphatic hydroxyl groups is 1. The molecule has 0 aromatic heterocycles. The second-order valence-electron chi connectivity index (χ2n) is 5.60. The van der Waals surface area contributed by atoms with Crippen LogP contribution in [-0.2, 0) is 19.1 Å². The van der Waals surface area contributed by atoms with E-state index in [1.807, 2.05) is 0 Å². The van der Waals surface area contributed by atoms with Gasteiger partial charge in [-0.25, -0.2) is 0 Å². The minimum Gasteiger partial charge on any atom is -0.462 e. The van der Waals surface area contributed by atoms with Crippen molar-refractivity contribution >= 4 is 11.9 Å². The van der Waals surface area contributed by atoms with Crippen molar-refractivity contribution in [2.75, 3.05) is 13.2 Å². The molecule has 0 aliphatic carbocycles. The predicted molar refractivity (Wildman–Crippen MR) is 85.4 cm³/mol. The first-order chi connectivity index (χ1) is 10.6. The van der Waals surface area contributed by atoms with E-state index in [4.69, 9.17) is 14.6 Å². The summed E-state index contributed by atoms with van der Waals surface area (Å²) in [6, 6.07) is 0. The van der Waals surface area contributed by atoms with Gasteiger partial charge in [-0.15, -0.1) is 0 Å². The molecule has 22 heavy (non-hydrogen) atoms. The maximum atomic E-state index is 11.5. The quantitative estimate of drug-likeness (QED) is 0.393. The number of hydrogen-bond donors (Lipinski definition) is 1. The highest BCUT2D eigenvalue weighted by molar-refractivity contribution is 5.70. The van der Waals surface area contributed by atoms with Gasteiger partial charge in [0.2, 0.25) is 0 Å². The normalized spacial score (nSPS) is 12.0. The van der Waals surface area contributed by atoms with Gasteiger partial charge in [-0.05, 0) is 12.8 Å². The second-order valence-corrected chi connectivity index (χ2v) is 5.60. The summed E-state index contributed by atoms with van der Waals surface area (Å²) >= 11 is 0. The number of ether oxygens (including phenoxy) is 2. The van der Waals surface area contributed by atoms with Gasteiger partial charge in [0.25, 0.3) is 0 Å². The molecule has 0 radical (unpaired) electrons. The van der Waals surface area contributed by atoms with Crippen LogP contribution in [0, 0.1) is 0 Å². The van der Waals surface area contributed by atoms with E-state index >= 15 is 0 Å². The molecule has 0 bridgehead atoms. The van der Waals surface area contributed by atoms with E-state index < -0.39 is 6.10 Å². The first kappa shape index (κ1) is 20.9. The molecular formula is C17H32O5. The molecule has 0 aliphatic rings. The summed E-state index contributed by atoms with van der Waals surface area (Å²) in [6.07, 6.45) is 8.11. The monoisotopic (exact) mass is 316 g/mol. The number of hydrogen-bond acceptors (Lipinski definition) is 5. The van der Waals surface area contributed by atoms with Gasteiger partial charge >= 0.3 is 11.9 Å². The molecule has 1 N–H and O–H groups in total. The van der Waals surface area contributed by atoms with Crippen LogP contribution in [-0.4, -0.2) is 36.4 Å². The van der Waals surface area contributed by atoms with Crippen molar-refractivity contribution in [1.29, 1.82) is 0 Å². The third-order valence-corrected chi connectivity index (χ3v) is 3.40. The Balaban J connectivity index is 3.74. The van der Waals surface area contributed by atoms with Crippen LogP contribution in [0.15, 0.2) is 0 Å². The highest BCUT2D eigenvalue weighted by atomic mass is 16.6. The van der Waals surface area contributed by atoms with E-state index in [1.54, 1.807) is 0 Å². The van der Waals surface area contributed by atoms with Crippen molar-refractivity contribution in [3.05, 3.63) is 0 Å². The summed E-state index contributed by atoms with van der Waals surface area (Å²) in [5, 5.41) is 9.16. The maximum Gasteiger partial charge on any atom is 0.306 e. The topological polar surface area (TPSA) is 72.8 Å². The van der Waals surface area contributed by atoms with Crippen molar-refractivity contribution in [1.82, 2.24) is 0 Å². The average Bonchev–Trinajstić information content (AvgIpc) is 2.51. The average molecular weight is 316 g/mol. The first-order valence-corrected chi connectivity index (χ1v) is 8.59. The molecule has 0 aliphatic heterocycles. The number of carbonyl (C=O) groups is 2. The summed E-state index contributed by atoms with van der Waals surface area (Å²) in [6.45, 7) is 3.81. The van der Waals surface area contributed by atoms with Gasteiger partial charge in [-0.1, -0.05) is 52.4 Å². The number of unbranched alkanes of at least 4 members (excludes halogenated alkanes) is 6. The lowest BCUT2D eigenvalue weighted by atomic mass is 10.1. The third-order valence-electron chi connectivity index (χ3n) is 3.40. The zero-order chi connectivity index (χ0) is 16.6. The third kappa shape index (κ3) is 12.6. The van der Waals surface area contributed by atoms with Crippen LogP contribution in [0.1, 0.15) is 78.1 Å². The lowest BCUT2D eigenvalue weighted by molar-refractivity contribution is -0.161.